The zero-order chi connectivity index (χ0) is 16.9. The van der Waals surface area contributed by atoms with Crippen LogP contribution < -0.4 is 5.73 Å². The molecule has 0 aliphatic heterocycles. The van der Waals surface area contributed by atoms with Gasteiger partial charge in [-0.15, -0.1) is 0 Å². The Morgan fingerprint density at radius 3 is 2.48 bits per heavy atom. The van der Waals surface area contributed by atoms with Gasteiger partial charge >= 0.3 is 0 Å². The van der Waals surface area contributed by atoms with Crippen molar-refractivity contribution < 1.29 is 4.79 Å². The van der Waals surface area contributed by atoms with Crippen molar-refractivity contribution in [1.82, 2.24) is 14.7 Å². The van der Waals surface area contributed by atoms with E-state index in [0.29, 0.717) is 25.2 Å². The van der Waals surface area contributed by atoms with Crippen molar-refractivity contribution in [3.63, 3.8) is 0 Å². The van der Waals surface area contributed by atoms with Crippen molar-refractivity contribution >= 4 is 5.91 Å². The lowest BCUT2D eigenvalue weighted by atomic mass is 10.1. The molecular formula is C18H26N4O. The Balaban J connectivity index is 2.07. The molecule has 0 fully saturated rings. The Hall–Kier alpha value is -2.14. The number of amides is 1. The van der Waals surface area contributed by atoms with Gasteiger partial charge < -0.3 is 10.6 Å². The number of hydrogen-bond donors (Lipinski definition) is 1. The highest BCUT2D eigenvalue weighted by Crippen LogP contribution is 2.14. The molecule has 2 rings (SSSR count). The van der Waals surface area contributed by atoms with Crippen LogP contribution >= 0.6 is 0 Å². The molecule has 2 N–H and O–H groups in total. The van der Waals surface area contributed by atoms with E-state index in [1.165, 1.54) is 5.56 Å². The zero-order valence-electron chi connectivity index (χ0n) is 14.2. The number of nitrogens with two attached hydrogens (primary N) is 1. The van der Waals surface area contributed by atoms with Crippen LogP contribution in [0.15, 0.2) is 42.7 Å². The first-order chi connectivity index (χ1) is 10.9. The summed E-state index contributed by atoms with van der Waals surface area (Å²) in [5.74, 6) is -0.0121. The maximum absolute atomic E-state index is 12.7. The lowest BCUT2D eigenvalue weighted by molar-refractivity contribution is 0.0762. The highest BCUT2D eigenvalue weighted by atomic mass is 16.2. The molecule has 0 bridgehead atoms. The molecule has 0 aliphatic rings. The second-order valence-corrected chi connectivity index (χ2v) is 6.66. The van der Waals surface area contributed by atoms with Crippen LogP contribution in [-0.4, -0.2) is 40.2 Å². The maximum Gasteiger partial charge on any atom is 0.257 e. The Bertz CT molecular complexity index is 628. The molecule has 0 unspecified atom stereocenters. The fourth-order valence-corrected chi connectivity index (χ4v) is 2.36. The van der Waals surface area contributed by atoms with Crippen molar-refractivity contribution in [2.75, 3.05) is 19.6 Å². The summed E-state index contributed by atoms with van der Waals surface area (Å²) >= 11 is 0. The maximum atomic E-state index is 12.7. The van der Waals surface area contributed by atoms with Crippen molar-refractivity contribution in [2.45, 2.75) is 32.7 Å². The molecule has 0 radical (unpaired) electrons. The predicted octanol–water partition coefficient (Wildman–Crippen LogP) is 2.28. The van der Waals surface area contributed by atoms with Gasteiger partial charge in [0.05, 0.1) is 17.3 Å². The first-order valence-corrected chi connectivity index (χ1v) is 8.00. The first-order valence-electron chi connectivity index (χ1n) is 8.00. The van der Waals surface area contributed by atoms with E-state index in [4.69, 9.17) is 5.73 Å². The molecule has 0 saturated heterocycles. The summed E-state index contributed by atoms with van der Waals surface area (Å²) in [6, 6.07) is 10.2. The lowest BCUT2D eigenvalue weighted by Crippen LogP contribution is -2.36. The summed E-state index contributed by atoms with van der Waals surface area (Å²) in [7, 11) is 0. The lowest BCUT2D eigenvalue weighted by Gasteiger charge is -2.22. The minimum Gasteiger partial charge on any atom is -0.337 e. The Kier molecular flexibility index (Phi) is 5.55. The normalized spacial score (nSPS) is 11.5. The van der Waals surface area contributed by atoms with E-state index < -0.39 is 0 Å². The SMILES string of the molecule is CC(C)(C)n1cc(C(=O)N(CCN)CCc2ccccc2)cn1. The van der Waals surface area contributed by atoms with Gasteiger partial charge in [0, 0.05) is 25.8 Å². The predicted molar refractivity (Wildman–Crippen MR) is 92.3 cm³/mol. The van der Waals surface area contributed by atoms with Crippen LogP contribution in [0, 0.1) is 0 Å². The van der Waals surface area contributed by atoms with Crippen LogP contribution in [0.3, 0.4) is 0 Å². The van der Waals surface area contributed by atoms with Crippen LogP contribution in [0.25, 0.3) is 0 Å². The molecule has 0 saturated carbocycles. The number of carbonyl (C=O) groups is 1. The molecule has 23 heavy (non-hydrogen) atoms. The van der Waals surface area contributed by atoms with Crippen molar-refractivity contribution in [1.29, 1.82) is 0 Å². The third-order valence-corrected chi connectivity index (χ3v) is 3.72. The zero-order valence-corrected chi connectivity index (χ0v) is 14.2. The summed E-state index contributed by atoms with van der Waals surface area (Å²) in [4.78, 5) is 14.5. The van der Waals surface area contributed by atoms with Crippen LogP contribution in [0.5, 0.6) is 0 Å². The molecule has 0 aliphatic carbocycles. The van der Waals surface area contributed by atoms with Gasteiger partial charge in [-0.1, -0.05) is 30.3 Å². The van der Waals surface area contributed by atoms with Gasteiger partial charge in [0.25, 0.3) is 5.91 Å². The summed E-state index contributed by atoms with van der Waals surface area (Å²) in [5, 5.41) is 4.31. The van der Waals surface area contributed by atoms with Gasteiger partial charge in [-0.05, 0) is 32.8 Å². The minimum absolute atomic E-state index is 0.0121. The molecule has 1 aromatic carbocycles. The van der Waals surface area contributed by atoms with Crippen molar-refractivity contribution in [3.8, 4) is 0 Å². The third-order valence-electron chi connectivity index (χ3n) is 3.72. The van der Waals surface area contributed by atoms with Gasteiger partial charge in [0.15, 0.2) is 0 Å². The average molecular weight is 314 g/mol. The van der Waals surface area contributed by atoms with Gasteiger partial charge in [-0.25, -0.2) is 0 Å². The van der Waals surface area contributed by atoms with Gasteiger partial charge in [-0.2, -0.15) is 5.10 Å². The van der Waals surface area contributed by atoms with Crippen LogP contribution in [-0.2, 0) is 12.0 Å². The van der Waals surface area contributed by atoms with E-state index >= 15 is 0 Å². The van der Waals surface area contributed by atoms with E-state index in [2.05, 4.69) is 38.0 Å². The number of nitrogens with zero attached hydrogens (tertiary/aromatic N) is 3. The summed E-state index contributed by atoms with van der Waals surface area (Å²) < 4.78 is 1.82. The van der Waals surface area contributed by atoms with Crippen LogP contribution in [0.2, 0.25) is 0 Å². The fourth-order valence-electron chi connectivity index (χ4n) is 2.36. The molecule has 1 heterocycles. The van der Waals surface area contributed by atoms with Crippen LogP contribution in [0.1, 0.15) is 36.7 Å². The largest absolute Gasteiger partial charge is 0.337 e. The van der Waals surface area contributed by atoms with Gasteiger partial charge in [0.2, 0.25) is 0 Å². The quantitative estimate of drug-likeness (QED) is 0.889. The second kappa shape index (κ2) is 7.42. The van der Waals surface area contributed by atoms with Crippen molar-refractivity contribution in [3.05, 3.63) is 53.9 Å². The van der Waals surface area contributed by atoms with E-state index in [1.54, 1.807) is 11.1 Å². The molecule has 5 heteroatoms. The summed E-state index contributed by atoms with van der Waals surface area (Å²) in [5.41, 5.74) is 7.36. The van der Waals surface area contributed by atoms with E-state index in [-0.39, 0.29) is 11.4 Å². The van der Waals surface area contributed by atoms with Gasteiger partial charge in [0.1, 0.15) is 0 Å². The molecule has 0 spiro atoms. The highest BCUT2D eigenvalue weighted by Gasteiger charge is 2.20. The second-order valence-electron chi connectivity index (χ2n) is 6.66. The number of aromatic nitrogens is 2. The van der Waals surface area contributed by atoms with Crippen LogP contribution in [0.4, 0.5) is 0 Å². The Labute approximate surface area is 138 Å². The first kappa shape index (κ1) is 17.2. The summed E-state index contributed by atoms with van der Waals surface area (Å²) in [6.07, 6.45) is 4.27. The molecule has 1 amide bonds. The third kappa shape index (κ3) is 4.66. The standard InChI is InChI=1S/C18H26N4O/c1-18(2,3)22-14-16(13-20-22)17(23)21(12-10-19)11-9-15-7-5-4-6-8-15/h4-8,13-14H,9-12,19H2,1-3H3. The van der Waals surface area contributed by atoms with E-state index in [1.807, 2.05) is 29.1 Å². The fraction of sp³-hybridized carbons (Fsp3) is 0.444. The number of hydrogen-bond acceptors (Lipinski definition) is 3. The molecular weight excluding hydrogens is 288 g/mol. The summed E-state index contributed by atoms with van der Waals surface area (Å²) in [6.45, 7) is 7.82. The number of rotatable bonds is 6. The smallest absolute Gasteiger partial charge is 0.257 e. The highest BCUT2D eigenvalue weighted by molar-refractivity contribution is 5.93. The molecule has 124 valence electrons. The Morgan fingerprint density at radius 2 is 1.91 bits per heavy atom. The van der Waals surface area contributed by atoms with Crippen molar-refractivity contribution in [2.24, 2.45) is 5.73 Å². The topological polar surface area (TPSA) is 64.2 Å². The monoisotopic (exact) mass is 314 g/mol. The average Bonchev–Trinajstić information content (AvgIpc) is 3.02. The molecule has 1 aromatic heterocycles. The molecule has 0 atom stereocenters. The number of carbonyl (C=O) groups excluding carboxylic acids is 1. The Morgan fingerprint density at radius 1 is 1.22 bits per heavy atom. The number of benzene rings is 1. The molecule has 5 nitrogen and oxygen atoms in total. The molecule has 2 aromatic rings. The van der Waals surface area contributed by atoms with E-state index in [0.717, 1.165) is 6.42 Å². The van der Waals surface area contributed by atoms with Gasteiger partial charge in [-0.3, -0.25) is 9.48 Å². The minimum atomic E-state index is -0.138. The van der Waals surface area contributed by atoms with E-state index in [9.17, 15) is 4.79 Å².